The van der Waals surface area contributed by atoms with Gasteiger partial charge in [-0.1, -0.05) is 32.9 Å². The molecule has 2 aliphatic heterocycles. The molecule has 0 aromatic heterocycles. The van der Waals surface area contributed by atoms with Crippen LogP contribution in [0.4, 0.5) is 5.69 Å². The second kappa shape index (κ2) is 7.79. The third kappa shape index (κ3) is 4.37. The van der Waals surface area contributed by atoms with E-state index in [1.54, 1.807) is 17.2 Å². The summed E-state index contributed by atoms with van der Waals surface area (Å²) in [6.07, 6.45) is -0.565. The van der Waals surface area contributed by atoms with Crippen molar-refractivity contribution in [1.82, 2.24) is 5.06 Å². The Balaban J connectivity index is 1.77. The Morgan fingerprint density at radius 1 is 1.31 bits per heavy atom. The number of ether oxygens (including phenoxy) is 1. The Morgan fingerprint density at radius 3 is 2.62 bits per heavy atom. The molecule has 4 atom stereocenters. The zero-order valence-electron chi connectivity index (χ0n) is 17.9. The second-order valence-electron chi connectivity index (χ2n) is 9.38. The van der Waals surface area contributed by atoms with Crippen LogP contribution in [0.25, 0.3) is 0 Å². The average molecular weight is 423 g/mol. The molecule has 29 heavy (non-hydrogen) atoms. The summed E-state index contributed by atoms with van der Waals surface area (Å²) in [5.41, 5.74) is 0.717. The lowest BCUT2D eigenvalue weighted by Crippen LogP contribution is -2.44. The number of nitro benzene ring substituents is 1. The third-order valence-electron chi connectivity index (χ3n) is 6.33. The van der Waals surface area contributed by atoms with Gasteiger partial charge in [-0.3, -0.25) is 19.7 Å². The SMILES string of the molecule is C[C@@H]1OC(=O)[C@@H]2[C@H]1[C@H](CO[Si](C)(C)C(C)(C)C)ON2Cc1cccc([N+](=O)[O-])c1. The molecule has 8 nitrogen and oxygen atoms in total. The van der Waals surface area contributed by atoms with Crippen LogP contribution in [0.3, 0.4) is 0 Å². The predicted octanol–water partition coefficient (Wildman–Crippen LogP) is 3.66. The highest BCUT2D eigenvalue weighted by Gasteiger charge is 2.56. The number of nitro groups is 1. The maximum absolute atomic E-state index is 12.5. The number of non-ortho nitro benzene ring substituents is 1. The maximum Gasteiger partial charge on any atom is 0.326 e. The fourth-order valence-electron chi connectivity index (χ4n) is 3.60. The Bertz CT molecular complexity index is 793. The predicted molar refractivity (Wildman–Crippen MR) is 109 cm³/mol. The number of hydrogen-bond acceptors (Lipinski definition) is 7. The topological polar surface area (TPSA) is 91.1 Å². The molecular weight excluding hydrogens is 392 g/mol. The van der Waals surface area contributed by atoms with Crippen LogP contribution in [0, 0.1) is 16.0 Å². The van der Waals surface area contributed by atoms with Crippen LogP contribution < -0.4 is 0 Å². The van der Waals surface area contributed by atoms with Gasteiger partial charge >= 0.3 is 5.97 Å². The van der Waals surface area contributed by atoms with Gasteiger partial charge in [0.05, 0.1) is 24.0 Å². The van der Waals surface area contributed by atoms with E-state index in [9.17, 15) is 14.9 Å². The zero-order valence-corrected chi connectivity index (χ0v) is 18.9. The highest BCUT2D eigenvalue weighted by molar-refractivity contribution is 6.74. The highest BCUT2D eigenvalue weighted by Crippen LogP contribution is 2.41. The Labute approximate surface area is 172 Å². The van der Waals surface area contributed by atoms with Crippen molar-refractivity contribution in [2.24, 2.45) is 5.92 Å². The molecule has 0 unspecified atom stereocenters. The first-order valence-electron chi connectivity index (χ1n) is 9.92. The van der Waals surface area contributed by atoms with E-state index in [-0.39, 0.29) is 41.4 Å². The van der Waals surface area contributed by atoms with Crippen molar-refractivity contribution in [3.8, 4) is 0 Å². The van der Waals surface area contributed by atoms with E-state index in [1.165, 1.54) is 12.1 Å². The van der Waals surface area contributed by atoms with Gasteiger partial charge in [0.2, 0.25) is 0 Å². The van der Waals surface area contributed by atoms with Gasteiger partial charge in [-0.2, -0.15) is 5.06 Å². The second-order valence-corrected chi connectivity index (χ2v) is 14.2. The van der Waals surface area contributed by atoms with Gasteiger partial charge in [0.15, 0.2) is 8.32 Å². The largest absolute Gasteiger partial charge is 0.461 e. The Kier molecular flexibility index (Phi) is 5.88. The van der Waals surface area contributed by atoms with Gasteiger partial charge in [0.1, 0.15) is 18.2 Å². The van der Waals surface area contributed by atoms with Gasteiger partial charge < -0.3 is 9.16 Å². The van der Waals surface area contributed by atoms with Crippen LogP contribution >= 0.6 is 0 Å². The molecule has 2 heterocycles. The van der Waals surface area contributed by atoms with Crippen LogP contribution in [0.5, 0.6) is 0 Å². The molecule has 2 aliphatic rings. The number of esters is 1. The summed E-state index contributed by atoms with van der Waals surface area (Å²) in [5.74, 6) is -0.450. The summed E-state index contributed by atoms with van der Waals surface area (Å²) in [5, 5.41) is 12.7. The lowest BCUT2D eigenvalue weighted by molar-refractivity contribution is -0.385. The molecule has 0 saturated carbocycles. The molecule has 0 spiro atoms. The van der Waals surface area contributed by atoms with E-state index < -0.39 is 19.3 Å². The van der Waals surface area contributed by atoms with Crippen molar-refractivity contribution in [3.63, 3.8) is 0 Å². The van der Waals surface area contributed by atoms with Crippen LogP contribution in [0.2, 0.25) is 18.1 Å². The molecule has 1 aromatic carbocycles. The first-order valence-corrected chi connectivity index (χ1v) is 12.8. The number of carbonyl (C=O) groups excluding carboxylic acids is 1. The quantitative estimate of drug-likeness (QED) is 0.299. The van der Waals surface area contributed by atoms with Crippen molar-refractivity contribution in [1.29, 1.82) is 0 Å². The smallest absolute Gasteiger partial charge is 0.326 e. The minimum absolute atomic E-state index is 0.0124. The van der Waals surface area contributed by atoms with Gasteiger partial charge in [0.25, 0.3) is 5.69 Å². The first-order chi connectivity index (χ1) is 13.4. The number of fused-ring (bicyclic) bond motifs is 1. The van der Waals surface area contributed by atoms with E-state index in [0.29, 0.717) is 12.2 Å². The molecular formula is C20H30N2O6Si. The fraction of sp³-hybridized carbons (Fsp3) is 0.650. The van der Waals surface area contributed by atoms with E-state index in [1.807, 2.05) is 6.92 Å². The molecule has 0 amide bonds. The molecule has 0 radical (unpaired) electrons. The van der Waals surface area contributed by atoms with Crippen LogP contribution in [0.1, 0.15) is 33.3 Å². The molecule has 0 bridgehead atoms. The van der Waals surface area contributed by atoms with E-state index in [2.05, 4.69) is 33.9 Å². The standard InChI is InChI=1S/C20H30N2O6Si/c1-13-17-16(12-26-29(5,6)20(2,3)4)28-21(18(17)19(23)27-13)11-14-8-7-9-15(10-14)22(24)25/h7-10,13,16-18H,11-12H2,1-6H3/t13-,16-,17+,18-/m0/s1. The lowest BCUT2D eigenvalue weighted by Gasteiger charge is -2.37. The lowest BCUT2D eigenvalue weighted by atomic mass is 9.93. The summed E-state index contributed by atoms with van der Waals surface area (Å²) < 4.78 is 11.8. The van der Waals surface area contributed by atoms with Crippen LogP contribution in [0.15, 0.2) is 24.3 Å². The van der Waals surface area contributed by atoms with Crippen molar-refractivity contribution in [2.45, 2.75) is 70.6 Å². The number of rotatable bonds is 6. The number of benzene rings is 1. The molecule has 2 fully saturated rings. The Morgan fingerprint density at radius 2 is 2.00 bits per heavy atom. The summed E-state index contributed by atoms with van der Waals surface area (Å²) in [6, 6.07) is 5.83. The molecule has 3 rings (SSSR count). The molecule has 0 aliphatic carbocycles. The zero-order chi connectivity index (χ0) is 21.6. The normalized spacial score (nSPS) is 27.7. The van der Waals surface area contributed by atoms with Crippen molar-refractivity contribution in [3.05, 3.63) is 39.9 Å². The summed E-state index contributed by atoms with van der Waals surface area (Å²) in [7, 11) is -1.97. The third-order valence-corrected chi connectivity index (χ3v) is 10.8. The number of nitrogens with zero attached hydrogens (tertiary/aromatic N) is 2. The van der Waals surface area contributed by atoms with Crippen molar-refractivity contribution >= 4 is 20.0 Å². The molecule has 1 aromatic rings. The monoisotopic (exact) mass is 422 g/mol. The summed E-state index contributed by atoms with van der Waals surface area (Å²) in [4.78, 5) is 29.2. The number of hydrogen-bond donors (Lipinski definition) is 0. The van der Waals surface area contributed by atoms with Crippen LogP contribution in [-0.4, -0.2) is 49.1 Å². The highest BCUT2D eigenvalue weighted by atomic mass is 28.4. The van der Waals surface area contributed by atoms with E-state index in [0.717, 1.165) is 0 Å². The first kappa shape index (κ1) is 21.9. The average Bonchev–Trinajstić information content (AvgIpc) is 3.11. The van der Waals surface area contributed by atoms with Crippen molar-refractivity contribution in [2.75, 3.05) is 6.61 Å². The van der Waals surface area contributed by atoms with E-state index >= 15 is 0 Å². The number of cyclic esters (lactones) is 1. The van der Waals surface area contributed by atoms with Crippen molar-refractivity contribution < 1.29 is 23.7 Å². The Hall–Kier alpha value is -1.81. The minimum atomic E-state index is -1.97. The molecule has 0 N–H and O–H groups in total. The van der Waals surface area contributed by atoms with Gasteiger partial charge in [0, 0.05) is 12.1 Å². The fourth-order valence-corrected chi connectivity index (χ4v) is 4.62. The van der Waals surface area contributed by atoms with E-state index in [4.69, 9.17) is 14.0 Å². The van der Waals surface area contributed by atoms with Gasteiger partial charge in [-0.05, 0) is 30.6 Å². The minimum Gasteiger partial charge on any atom is -0.461 e. The molecule has 2 saturated heterocycles. The maximum atomic E-state index is 12.5. The summed E-state index contributed by atoms with van der Waals surface area (Å²) in [6.45, 7) is 13.4. The number of carbonyl (C=O) groups is 1. The van der Waals surface area contributed by atoms with Crippen LogP contribution in [-0.2, 0) is 25.3 Å². The number of hydroxylamine groups is 2. The molecule has 160 valence electrons. The summed E-state index contributed by atoms with van der Waals surface area (Å²) >= 11 is 0. The molecule has 9 heteroatoms. The van der Waals surface area contributed by atoms with Gasteiger partial charge in [-0.15, -0.1) is 0 Å². The van der Waals surface area contributed by atoms with Gasteiger partial charge in [-0.25, -0.2) is 0 Å².